The van der Waals surface area contributed by atoms with Crippen LogP contribution in [0, 0.1) is 0 Å². The summed E-state index contributed by atoms with van der Waals surface area (Å²) >= 11 is 0. The van der Waals surface area contributed by atoms with Gasteiger partial charge in [0.25, 0.3) is 0 Å². The summed E-state index contributed by atoms with van der Waals surface area (Å²) in [4.78, 5) is 0. The van der Waals surface area contributed by atoms with Gasteiger partial charge in [-0.2, -0.15) is 13.1 Å². The fourth-order valence-corrected chi connectivity index (χ4v) is 0.224. The van der Waals surface area contributed by atoms with Gasteiger partial charge in [-0.3, -0.25) is 0 Å². The minimum absolute atomic E-state index is 0. The van der Waals surface area contributed by atoms with Gasteiger partial charge in [0.2, 0.25) is 0 Å². The monoisotopic (exact) mass is 371 g/mol. The number of hydrogen-bond donors (Lipinski definition) is 0. The maximum Gasteiger partial charge on any atom is 0 e. The van der Waals surface area contributed by atoms with Crippen LogP contribution in [0.15, 0.2) is 0 Å². The van der Waals surface area contributed by atoms with Crippen LogP contribution < -0.4 is 0 Å². The quantitative estimate of drug-likeness (QED) is 0.643. The van der Waals surface area contributed by atoms with Crippen molar-refractivity contribution in [2.75, 3.05) is 13.1 Å². The standard InChI is InChI=1S/C4H10N.Bi.Zr/c1-3-5-4-2;;/h3-4H2,1-2H3;;/q-1;;. The van der Waals surface area contributed by atoms with E-state index < -0.39 is 0 Å². The molecule has 3 heteroatoms. The number of hydrogen-bond acceptors (Lipinski definition) is 0. The van der Waals surface area contributed by atoms with Gasteiger partial charge in [0.05, 0.1) is 0 Å². The SMILES string of the molecule is CC[N-]CC.[Bi].[Zr]. The van der Waals surface area contributed by atoms with Crippen molar-refractivity contribution in [3.8, 4) is 0 Å². The van der Waals surface area contributed by atoms with Crippen molar-refractivity contribution in [2.24, 2.45) is 0 Å². The second-order valence-electron chi connectivity index (χ2n) is 0.856. The van der Waals surface area contributed by atoms with Crippen molar-refractivity contribution in [1.82, 2.24) is 0 Å². The fraction of sp³-hybridized carbons (Fsp3) is 1.00. The molecule has 0 spiro atoms. The van der Waals surface area contributed by atoms with E-state index in [0.29, 0.717) is 0 Å². The molecule has 1 nitrogen and oxygen atoms in total. The van der Waals surface area contributed by atoms with E-state index in [0.717, 1.165) is 13.1 Å². The molecule has 0 atom stereocenters. The van der Waals surface area contributed by atoms with Gasteiger partial charge in [-0.15, -0.1) is 0 Å². The summed E-state index contributed by atoms with van der Waals surface area (Å²) in [5.74, 6) is 0. The summed E-state index contributed by atoms with van der Waals surface area (Å²) in [6.45, 7) is 6.03. The van der Waals surface area contributed by atoms with Crippen LogP contribution in [0.4, 0.5) is 0 Å². The van der Waals surface area contributed by atoms with E-state index in [4.69, 9.17) is 0 Å². The van der Waals surface area contributed by atoms with Gasteiger partial charge < -0.3 is 5.32 Å². The average Bonchev–Trinajstić information content (AvgIpc) is 1.41. The molecule has 0 unspecified atom stereocenters. The molecular weight excluding hydrogens is 362 g/mol. The summed E-state index contributed by atoms with van der Waals surface area (Å²) in [7, 11) is 0. The van der Waals surface area contributed by atoms with Crippen molar-refractivity contribution in [3.05, 3.63) is 5.32 Å². The molecule has 41 valence electrons. The van der Waals surface area contributed by atoms with Crippen LogP contribution in [0.1, 0.15) is 13.8 Å². The van der Waals surface area contributed by atoms with Gasteiger partial charge in [0.1, 0.15) is 0 Å². The van der Waals surface area contributed by atoms with Gasteiger partial charge in [0, 0.05) is 52.4 Å². The Balaban J connectivity index is -0.0000000800. The summed E-state index contributed by atoms with van der Waals surface area (Å²) in [6, 6.07) is 0. The van der Waals surface area contributed by atoms with Crippen LogP contribution in [0.3, 0.4) is 0 Å². The average molecular weight is 372 g/mol. The molecule has 0 aliphatic rings. The Morgan fingerprint density at radius 3 is 1.43 bits per heavy atom. The summed E-state index contributed by atoms with van der Waals surface area (Å²) < 4.78 is 0. The predicted molar refractivity (Wildman–Crippen MR) is 30.2 cm³/mol. The zero-order chi connectivity index (χ0) is 4.12. The predicted octanol–water partition coefficient (Wildman–Crippen LogP) is 1.02. The van der Waals surface area contributed by atoms with Crippen LogP contribution in [-0.4, -0.2) is 39.3 Å². The van der Waals surface area contributed by atoms with E-state index in [1.807, 2.05) is 13.8 Å². The Hall–Kier alpha value is 1.73. The first-order chi connectivity index (χ1) is 2.41. The third-order valence-electron chi connectivity index (χ3n) is 0.447. The molecular formula is C4H10BiNZr-. The minimum Gasteiger partial charge on any atom is -0.663 e. The molecule has 0 aliphatic carbocycles. The summed E-state index contributed by atoms with van der Waals surface area (Å²) in [5.41, 5.74) is 0. The summed E-state index contributed by atoms with van der Waals surface area (Å²) in [5, 5.41) is 3.97. The van der Waals surface area contributed by atoms with Gasteiger partial charge in [-0.1, -0.05) is 13.8 Å². The molecule has 0 aromatic heterocycles. The van der Waals surface area contributed by atoms with Gasteiger partial charge in [-0.05, 0) is 0 Å². The Morgan fingerprint density at radius 1 is 1.14 bits per heavy atom. The second kappa shape index (κ2) is 15.6. The number of nitrogens with zero attached hydrogens (tertiary/aromatic N) is 1. The van der Waals surface area contributed by atoms with E-state index in [9.17, 15) is 0 Å². The Bertz CT molecular complexity index is 19.2. The Morgan fingerprint density at radius 2 is 1.43 bits per heavy atom. The molecule has 3 radical (unpaired) electrons. The molecule has 0 aromatic carbocycles. The molecule has 0 heterocycles. The van der Waals surface area contributed by atoms with Crippen molar-refractivity contribution in [3.63, 3.8) is 0 Å². The molecule has 0 rings (SSSR count). The van der Waals surface area contributed by atoms with Crippen molar-refractivity contribution in [2.45, 2.75) is 13.8 Å². The van der Waals surface area contributed by atoms with E-state index in [2.05, 4.69) is 5.32 Å². The smallest absolute Gasteiger partial charge is 0 e. The van der Waals surface area contributed by atoms with E-state index in [-0.39, 0.29) is 52.4 Å². The number of rotatable bonds is 2. The molecule has 0 saturated heterocycles. The third kappa shape index (κ3) is 18.2. The first-order valence-electron chi connectivity index (χ1n) is 2.05. The van der Waals surface area contributed by atoms with Crippen molar-refractivity contribution < 1.29 is 26.2 Å². The third-order valence-corrected chi connectivity index (χ3v) is 0.447. The van der Waals surface area contributed by atoms with Gasteiger partial charge >= 0.3 is 0 Å². The maximum absolute atomic E-state index is 3.97. The maximum atomic E-state index is 3.97. The van der Waals surface area contributed by atoms with Crippen molar-refractivity contribution in [1.29, 1.82) is 0 Å². The van der Waals surface area contributed by atoms with Gasteiger partial charge in [0.15, 0.2) is 0 Å². The van der Waals surface area contributed by atoms with Crippen LogP contribution in [0.5, 0.6) is 0 Å². The molecule has 0 N–H and O–H groups in total. The summed E-state index contributed by atoms with van der Waals surface area (Å²) in [6.07, 6.45) is 0. The van der Waals surface area contributed by atoms with E-state index in [1.165, 1.54) is 0 Å². The van der Waals surface area contributed by atoms with Crippen LogP contribution in [-0.2, 0) is 26.2 Å². The molecule has 0 aromatic rings. The molecule has 0 amide bonds. The van der Waals surface area contributed by atoms with Crippen LogP contribution >= 0.6 is 0 Å². The molecule has 0 aliphatic heterocycles. The van der Waals surface area contributed by atoms with E-state index in [1.54, 1.807) is 0 Å². The van der Waals surface area contributed by atoms with Gasteiger partial charge in [-0.25, -0.2) is 0 Å². The zero-order valence-corrected chi connectivity index (χ0v) is 10.7. The minimum atomic E-state index is 0. The molecule has 0 saturated carbocycles. The van der Waals surface area contributed by atoms with Crippen LogP contribution in [0.2, 0.25) is 0 Å². The van der Waals surface area contributed by atoms with E-state index >= 15 is 0 Å². The Labute approximate surface area is 83.9 Å². The largest absolute Gasteiger partial charge is 0.663 e. The topological polar surface area (TPSA) is 14.1 Å². The van der Waals surface area contributed by atoms with Crippen LogP contribution in [0.25, 0.3) is 5.32 Å². The second-order valence-corrected chi connectivity index (χ2v) is 0.856. The first-order valence-corrected chi connectivity index (χ1v) is 2.05. The first kappa shape index (κ1) is 15.9. The molecule has 0 fully saturated rings. The zero-order valence-electron chi connectivity index (χ0n) is 4.81. The normalized spacial score (nSPS) is 6.00. The van der Waals surface area contributed by atoms with Crippen molar-refractivity contribution >= 4 is 26.2 Å². The molecule has 7 heavy (non-hydrogen) atoms. The Kier molecular flexibility index (Phi) is 35.5. The molecule has 0 bridgehead atoms. The fourth-order valence-electron chi connectivity index (χ4n) is 0.224.